The zero-order valence-electron chi connectivity index (χ0n) is 19.0. The van der Waals surface area contributed by atoms with E-state index in [1.807, 2.05) is 36.4 Å². The van der Waals surface area contributed by atoms with Gasteiger partial charge >= 0.3 is 6.18 Å². The van der Waals surface area contributed by atoms with Crippen LogP contribution in [0.15, 0.2) is 103 Å². The minimum absolute atomic E-state index is 0.187. The van der Waals surface area contributed by atoms with Gasteiger partial charge in [-0.2, -0.15) is 13.2 Å². The van der Waals surface area contributed by atoms with E-state index in [-0.39, 0.29) is 22.2 Å². The molecule has 4 aromatic carbocycles. The van der Waals surface area contributed by atoms with Gasteiger partial charge in [-0.05, 0) is 35.4 Å². The number of hydrogen-bond donors (Lipinski definition) is 1. The van der Waals surface area contributed by atoms with Gasteiger partial charge in [0.1, 0.15) is 0 Å². The minimum atomic E-state index is -4.57. The fraction of sp³-hybridized carbons (Fsp3) is 0.0667. The van der Waals surface area contributed by atoms with Crippen LogP contribution in [0.5, 0.6) is 0 Å². The summed E-state index contributed by atoms with van der Waals surface area (Å²) in [5, 5.41) is 3.60. The van der Waals surface area contributed by atoms with Crippen LogP contribution in [-0.2, 0) is 12.7 Å². The number of hydrogen-bond acceptors (Lipinski definition) is 3. The van der Waals surface area contributed by atoms with Crippen LogP contribution < -0.4 is 5.32 Å². The molecule has 6 heteroatoms. The van der Waals surface area contributed by atoms with Gasteiger partial charge in [0, 0.05) is 40.5 Å². The third-order valence-electron chi connectivity index (χ3n) is 5.94. The van der Waals surface area contributed by atoms with Gasteiger partial charge in [0.2, 0.25) is 0 Å². The third-order valence-corrected chi connectivity index (χ3v) is 5.94. The number of para-hydroxylation sites is 1. The Hall–Kier alpha value is -4.45. The first-order valence-corrected chi connectivity index (χ1v) is 11.3. The number of benzene rings is 4. The van der Waals surface area contributed by atoms with Gasteiger partial charge in [-0.1, -0.05) is 78.9 Å². The van der Waals surface area contributed by atoms with E-state index in [9.17, 15) is 18.0 Å². The van der Waals surface area contributed by atoms with Crippen LogP contribution in [0.3, 0.4) is 0 Å². The quantitative estimate of drug-likeness (QED) is 0.255. The molecule has 0 spiro atoms. The highest BCUT2D eigenvalue weighted by molar-refractivity contribution is 6.16. The standard InChI is InChI=1S/C30H20F3N2O/c31-30(32,33)26-13-7-12-24-27(25(19-35-28(24)26)29(36)22-10-5-2-6-11-22)21-14-16-23(17-15-21)34-18-20-8-3-1-4-9-20/h2-17,19,34H,18H2. The van der Waals surface area contributed by atoms with Gasteiger partial charge in [0.05, 0.1) is 11.1 Å². The van der Waals surface area contributed by atoms with E-state index in [2.05, 4.69) is 16.4 Å². The molecule has 1 heterocycles. The molecule has 1 aromatic heterocycles. The second-order valence-electron chi connectivity index (χ2n) is 8.28. The first kappa shape index (κ1) is 23.3. The summed E-state index contributed by atoms with van der Waals surface area (Å²) in [5.74, 6) is -0.305. The first-order chi connectivity index (χ1) is 17.4. The van der Waals surface area contributed by atoms with E-state index in [0.29, 0.717) is 23.2 Å². The van der Waals surface area contributed by atoms with Crippen molar-refractivity contribution < 1.29 is 18.0 Å². The lowest BCUT2D eigenvalue weighted by Crippen LogP contribution is -2.09. The number of carbonyl (C=O) groups excluding carboxylic acids is 1. The maximum atomic E-state index is 13.7. The van der Waals surface area contributed by atoms with Gasteiger partial charge in [-0.3, -0.25) is 9.78 Å². The molecule has 0 aliphatic heterocycles. The smallest absolute Gasteiger partial charge is 0.381 e. The normalized spacial score (nSPS) is 11.4. The van der Waals surface area contributed by atoms with Crippen molar-refractivity contribution in [3.05, 3.63) is 132 Å². The fourth-order valence-electron chi connectivity index (χ4n) is 4.18. The molecular formula is C30H20F3N2O. The molecule has 1 radical (unpaired) electrons. The van der Waals surface area contributed by atoms with Crippen molar-refractivity contribution >= 4 is 22.4 Å². The number of carbonyl (C=O) groups is 1. The van der Waals surface area contributed by atoms with Crippen LogP contribution in [0.4, 0.5) is 18.9 Å². The van der Waals surface area contributed by atoms with Crippen molar-refractivity contribution in [3.8, 4) is 11.1 Å². The highest BCUT2D eigenvalue weighted by atomic mass is 19.4. The van der Waals surface area contributed by atoms with Crippen molar-refractivity contribution in [2.24, 2.45) is 0 Å². The molecule has 3 nitrogen and oxygen atoms in total. The van der Waals surface area contributed by atoms with E-state index in [0.717, 1.165) is 17.3 Å². The Labute approximate surface area is 206 Å². The van der Waals surface area contributed by atoms with Gasteiger partial charge in [-0.15, -0.1) is 0 Å². The first-order valence-electron chi connectivity index (χ1n) is 11.3. The summed E-state index contributed by atoms with van der Waals surface area (Å²) in [6.07, 6.45) is -3.32. The average molecular weight is 481 g/mol. The van der Waals surface area contributed by atoms with Crippen molar-refractivity contribution in [1.82, 2.24) is 4.98 Å². The molecule has 177 valence electrons. The van der Waals surface area contributed by atoms with E-state index < -0.39 is 11.7 Å². The second kappa shape index (κ2) is 9.66. The SMILES string of the molecule is O=C(c1ccccc1)c1cnc2c(C(F)(F)F)cccc2c1-c1ccc(NCc2cc[c]cc2)cc1. The summed E-state index contributed by atoms with van der Waals surface area (Å²) in [4.78, 5) is 17.5. The zero-order valence-corrected chi connectivity index (χ0v) is 19.0. The minimum Gasteiger partial charge on any atom is -0.381 e. The molecular weight excluding hydrogens is 461 g/mol. The Balaban J connectivity index is 1.61. The van der Waals surface area contributed by atoms with E-state index in [4.69, 9.17) is 0 Å². The Morgan fingerprint density at radius 1 is 0.861 bits per heavy atom. The van der Waals surface area contributed by atoms with Crippen LogP contribution in [0.25, 0.3) is 22.0 Å². The number of nitrogens with one attached hydrogen (secondary N) is 1. The van der Waals surface area contributed by atoms with Crippen molar-refractivity contribution in [2.45, 2.75) is 12.7 Å². The highest BCUT2D eigenvalue weighted by Gasteiger charge is 2.34. The monoisotopic (exact) mass is 481 g/mol. The number of fused-ring (bicyclic) bond motifs is 1. The van der Waals surface area contributed by atoms with Crippen molar-refractivity contribution in [2.75, 3.05) is 5.32 Å². The molecule has 5 rings (SSSR count). The number of aromatic nitrogens is 1. The maximum absolute atomic E-state index is 13.7. The molecule has 36 heavy (non-hydrogen) atoms. The van der Waals surface area contributed by atoms with Gasteiger partial charge in [0.15, 0.2) is 5.78 Å². The largest absolute Gasteiger partial charge is 0.418 e. The lowest BCUT2D eigenvalue weighted by atomic mass is 9.91. The lowest BCUT2D eigenvalue weighted by Gasteiger charge is -2.16. The van der Waals surface area contributed by atoms with Crippen molar-refractivity contribution in [3.63, 3.8) is 0 Å². The van der Waals surface area contributed by atoms with Crippen molar-refractivity contribution in [1.29, 1.82) is 0 Å². The average Bonchev–Trinajstić information content (AvgIpc) is 2.91. The molecule has 1 N–H and O–H groups in total. The number of halogens is 3. The summed E-state index contributed by atoms with van der Waals surface area (Å²) in [7, 11) is 0. The van der Waals surface area contributed by atoms with E-state index in [1.165, 1.54) is 12.3 Å². The second-order valence-corrected chi connectivity index (χ2v) is 8.28. The highest BCUT2D eigenvalue weighted by Crippen LogP contribution is 2.39. The number of anilines is 1. The molecule has 0 amide bonds. The molecule has 0 unspecified atom stereocenters. The molecule has 0 bridgehead atoms. The van der Waals surface area contributed by atoms with E-state index >= 15 is 0 Å². The number of alkyl halides is 3. The van der Waals surface area contributed by atoms with Gasteiger partial charge in [-0.25, -0.2) is 0 Å². The van der Waals surface area contributed by atoms with E-state index in [1.54, 1.807) is 48.5 Å². The topological polar surface area (TPSA) is 42.0 Å². The zero-order chi connectivity index (χ0) is 25.1. The molecule has 0 saturated heterocycles. The summed E-state index contributed by atoms with van der Waals surface area (Å²) < 4.78 is 41.2. The van der Waals surface area contributed by atoms with Crippen LogP contribution in [0.2, 0.25) is 0 Å². The lowest BCUT2D eigenvalue weighted by molar-refractivity contribution is -0.136. The number of pyridine rings is 1. The Morgan fingerprint density at radius 2 is 1.58 bits per heavy atom. The van der Waals surface area contributed by atoms with Gasteiger partial charge in [0.25, 0.3) is 0 Å². The van der Waals surface area contributed by atoms with Gasteiger partial charge < -0.3 is 5.32 Å². The molecule has 0 atom stereocenters. The van der Waals surface area contributed by atoms with Crippen LogP contribution in [-0.4, -0.2) is 10.8 Å². The van der Waals surface area contributed by atoms with Crippen LogP contribution in [0, 0.1) is 6.07 Å². The summed E-state index contributed by atoms with van der Waals surface area (Å²) >= 11 is 0. The number of rotatable bonds is 6. The predicted octanol–water partition coefficient (Wildman–Crippen LogP) is 7.56. The summed E-state index contributed by atoms with van der Waals surface area (Å²) in [6.45, 7) is 0.610. The Morgan fingerprint density at radius 3 is 2.28 bits per heavy atom. The van der Waals surface area contributed by atoms with Crippen LogP contribution >= 0.6 is 0 Å². The maximum Gasteiger partial charge on any atom is 0.418 e. The summed E-state index contributed by atoms with van der Waals surface area (Å²) in [6, 6.07) is 30.5. The molecule has 5 aromatic rings. The Kier molecular flexibility index (Phi) is 6.25. The third kappa shape index (κ3) is 4.70. The molecule has 0 fully saturated rings. The van der Waals surface area contributed by atoms with Crippen LogP contribution in [0.1, 0.15) is 27.0 Å². The number of nitrogens with zero attached hydrogens (tertiary/aromatic N) is 1. The fourth-order valence-corrected chi connectivity index (χ4v) is 4.18. The number of ketones is 1. The molecule has 0 aliphatic rings. The summed E-state index contributed by atoms with van der Waals surface area (Å²) in [5.41, 5.74) is 2.64. The molecule has 0 saturated carbocycles. The molecule has 0 aliphatic carbocycles. The predicted molar refractivity (Wildman–Crippen MR) is 135 cm³/mol. The Bertz CT molecular complexity index is 1510.